The Kier molecular flexibility index (Phi) is 6.74. The maximum atomic E-state index is 12.1. The Morgan fingerprint density at radius 2 is 1.58 bits per heavy atom. The average Bonchev–Trinajstić information content (AvgIpc) is 2.78. The molecule has 0 saturated heterocycles. The summed E-state index contributed by atoms with van der Waals surface area (Å²) in [5.74, 6) is -0.156. The lowest BCUT2D eigenvalue weighted by Crippen LogP contribution is -2.06. The van der Waals surface area contributed by atoms with E-state index >= 15 is 0 Å². The van der Waals surface area contributed by atoms with E-state index in [4.69, 9.17) is 18.9 Å². The molecule has 3 aromatic rings. The third kappa shape index (κ3) is 5.12. The average molecular weight is 423 g/mol. The lowest BCUT2D eigenvalue weighted by molar-refractivity contribution is -0.385. The van der Waals surface area contributed by atoms with E-state index in [1.165, 1.54) is 51.1 Å². The highest BCUT2D eigenvalue weighted by Crippen LogP contribution is 2.33. The van der Waals surface area contributed by atoms with E-state index in [2.05, 4.69) is 9.97 Å². The van der Waals surface area contributed by atoms with Crippen molar-refractivity contribution in [2.45, 2.75) is 0 Å². The van der Waals surface area contributed by atoms with Crippen LogP contribution in [0, 0.1) is 10.1 Å². The van der Waals surface area contributed by atoms with Crippen molar-refractivity contribution in [3.63, 3.8) is 0 Å². The van der Waals surface area contributed by atoms with Gasteiger partial charge in [0, 0.05) is 11.6 Å². The third-order valence-corrected chi connectivity index (χ3v) is 3.93. The monoisotopic (exact) mass is 423 g/mol. The second-order valence-electron chi connectivity index (χ2n) is 5.88. The fourth-order valence-electron chi connectivity index (χ4n) is 2.58. The first-order valence-electron chi connectivity index (χ1n) is 8.85. The molecule has 0 radical (unpaired) electrons. The SMILES string of the molecule is CO/C=C(/C(=O)OC)c1ccccc1Oc1cc(Oc2ccccc2[N+](=O)[O-])ncn1. The number of para-hydroxylation sites is 3. The number of esters is 1. The Labute approximate surface area is 176 Å². The highest BCUT2D eigenvalue weighted by molar-refractivity contribution is 6.17. The van der Waals surface area contributed by atoms with Crippen LogP contribution in [0.15, 0.2) is 67.2 Å². The van der Waals surface area contributed by atoms with Crippen LogP contribution in [0.1, 0.15) is 5.56 Å². The number of nitro groups is 1. The molecule has 0 atom stereocenters. The summed E-state index contributed by atoms with van der Waals surface area (Å²) in [5.41, 5.74) is 0.350. The van der Waals surface area contributed by atoms with E-state index in [0.717, 1.165) is 0 Å². The maximum Gasteiger partial charge on any atom is 0.341 e. The number of hydrogen-bond donors (Lipinski definition) is 0. The first-order valence-corrected chi connectivity index (χ1v) is 8.85. The second-order valence-corrected chi connectivity index (χ2v) is 5.88. The molecule has 31 heavy (non-hydrogen) atoms. The van der Waals surface area contributed by atoms with Crippen molar-refractivity contribution in [3.8, 4) is 23.3 Å². The minimum absolute atomic E-state index is 0.0218. The molecule has 0 aliphatic rings. The van der Waals surface area contributed by atoms with Gasteiger partial charge in [0.05, 0.1) is 31.5 Å². The number of benzene rings is 2. The van der Waals surface area contributed by atoms with Gasteiger partial charge in [-0.15, -0.1) is 0 Å². The van der Waals surface area contributed by atoms with Crippen LogP contribution >= 0.6 is 0 Å². The zero-order chi connectivity index (χ0) is 22.2. The minimum Gasteiger partial charge on any atom is -0.503 e. The van der Waals surface area contributed by atoms with Crippen molar-refractivity contribution in [2.75, 3.05) is 14.2 Å². The Hall–Kier alpha value is -4.47. The number of ether oxygens (including phenoxy) is 4. The van der Waals surface area contributed by atoms with E-state index in [1.54, 1.807) is 30.3 Å². The van der Waals surface area contributed by atoms with Gasteiger partial charge in [0.2, 0.25) is 17.5 Å². The summed E-state index contributed by atoms with van der Waals surface area (Å²) >= 11 is 0. The van der Waals surface area contributed by atoms with Crippen molar-refractivity contribution in [1.82, 2.24) is 9.97 Å². The number of hydrogen-bond acceptors (Lipinski definition) is 9. The fraction of sp³-hybridized carbons (Fsp3) is 0.0952. The summed E-state index contributed by atoms with van der Waals surface area (Å²) < 4.78 is 21.1. The molecular weight excluding hydrogens is 406 g/mol. The van der Waals surface area contributed by atoms with Gasteiger partial charge in [0.25, 0.3) is 0 Å². The summed E-state index contributed by atoms with van der Waals surface area (Å²) in [7, 11) is 2.66. The molecule has 0 aliphatic carbocycles. The van der Waals surface area contributed by atoms with Gasteiger partial charge >= 0.3 is 11.7 Å². The molecule has 0 unspecified atom stereocenters. The number of methoxy groups -OCH3 is 2. The molecule has 0 bridgehead atoms. The molecule has 158 valence electrons. The van der Waals surface area contributed by atoms with Crippen molar-refractivity contribution in [2.24, 2.45) is 0 Å². The lowest BCUT2D eigenvalue weighted by atomic mass is 10.1. The van der Waals surface area contributed by atoms with Gasteiger partial charge in [-0.25, -0.2) is 14.8 Å². The number of rotatable bonds is 8. The van der Waals surface area contributed by atoms with Crippen LogP contribution in [-0.2, 0) is 14.3 Å². The molecule has 3 rings (SSSR count). The Bertz CT molecular complexity index is 1130. The topological polar surface area (TPSA) is 123 Å². The Morgan fingerprint density at radius 1 is 0.968 bits per heavy atom. The molecule has 0 spiro atoms. The van der Waals surface area contributed by atoms with Gasteiger partial charge in [-0.3, -0.25) is 10.1 Å². The van der Waals surface area contributed by atoms with Gasteiger partial charge in [-0.05, 0) is 12.1 Å². The van der Waals surface area contributed by atoms with Gasteiger partial charge in [-0.2, -0.15) is 0 Å². The smallest absolute Gasteiger partial charge is 0.341 e. The van der Waals surface area contributed by atoms with Crippen molar-refractivity contribution < 1.29 is 28.7 Å². The Balaban J connectivity index is 1.90. The van der Waals surface area contributed by atoms with E-state index in [0.29, 0.717) is 11.3 Å². The van der Waals surface area contributed by atoms with Gasteiger partial charge < -0.3 is 18.9 Å². The minimum atomic E-state index is -0.610. The zero-order valence-electron chi connectivity index (χ0n) is 16.6. The van der Waals surface area contributed by atoms with E-state index in [1.807, 2.05) is 0 Å². The maximum absolute atomic E-state index is 12.1. The first-order chi connectivity index (χ1) is 15.0. The first kappa shape index (κ1) is 21.2. The normalized spacial score (nSPS) is 10.8. The van der Waals surface area contributed by atoms with Gasteiger partial charge in [-0.1, -0.05) is 30.3 Å². The zero-order valence-corrected chi connectivity index (χ0v) is 16.6. The third-order valence-electron chi connectivity index (χ3n) is 3.93. The van der Waals surface area contributed by atoms with Gasteiger partial charge in [0.1, 0.15) is 17.6 Å². The molecule has 1 aromatic heterocycles. The van der Waals surface area contributed by atoms with E-state index in [9.17, 15) is 14.9 Å². The summed E-state index contributed by atoms with van der Waals surface area (Å²) in [5, 5.41) is 11.2. The molecule has 0 fully saturated rings. The molecule has 0 saturated carbocycles. The number of aromatic nitrogens is 2. The van der Waals surface area contributed by atoms with Crippen LogP contribution in [-0.4, -0.2) is 35.1 Å². The van der Waals surface area contributed by atoms with Gasteiger partial charge in [0.15, 0.2) is 0 Å². The highest BCUT2D eigenvalue weighted by atomic mass is 16.6. The predicted octanol–water partition coefficient (Wildman–Crippen LogP) is 4.13. The second kappa shape index (κ2) is 9.83. The van der Waals surface area contributed by atoms with E-state index < -0.39 is 10.9 Å². The number of nitro benzene ring substituents is 1. The lowest BCUT2D eigenvalue weighted by Gasteiger charge is -2.12. The van der Waals surface area contributed by atoms with Crippen LogP contribution < -0.4 is 9.47 Å². The molecule has 10 heteroatoms. The molecule has 10 nitrogen and oxygen atoms in total. The summed E-state index contributed by atoms with van der Waals surface area (Å²) in [6.45, 7) is 0. The van der Waals surface area contributed by atoms with Crippen LogP contribution in [0.4, 0.5) is 5.69 Å². The summed E-state index contributed by atoms with van der Waals surface area (Å²) in [4.78, 5) is 30.7. The van der Waals surface area contributed by atoms with E-state index in [-0.39, 0.29) is 28.8 Å². The fourth-order valence-corrected chi connectivity index (χ4v) is 2.58. The van der Waals surface area contributed by atoms with Crippen LogP contribution in [0.3, 0.4) is 0 Å². The molecular formula is C21H17N3O7. The number of carbonyl (C=O) groups excluding carboxylic acids is 1. The quantitative estimate of drug-likeness (QED) is 0.173. The van der Waals surface area contributed by atoms with Crippen molar-refractivity contribution in [1.29, 1.82) is 0 Å². The van der Waals surface area contributed by atoms with Crippen molar-refractivity contribution in [3.05, 3.63) is 82.9 Å². The molecule has 1 heterocycles. The van der Waals surface area contributed by atoms with Crippen LogP contribution in [0.25, 0.3) is 5.57 Å². The Morgan fingerprint density at radius 3 is 2.23 bits per heavy atom. The highest BCUT2D eigenvalue weighted by Gasteiger charge is 2.19. The molecule has 0 amide bonds. The van der Waals surface area contributed by atoms with Crippen LogP contribution in [0.2, 0.25) is 0 Å². The predicted molar refractivity (Wildman–Crippen MR) is 109 cm³/mol. The van der Waals surface area contributed by atoms with Crippen molar-refractivity contribution >= 4 is 17.2 Å². The summed E-state index contributed by atoms with van der Waals surface area (Å²) in [6.07, 6.45) is 2.44. The molecule has 2 aromatic carbocycles. The summed E-state index contributed by atoms with van der Waals surface area (Å²) in [6, 6.07) is 14.0. The molecule has 0 aliphatic heterocycles. The molecule has 0 N–H and O–H groups in total. The standard InChI is InChI=1S/C21H17N3O7/c1-28-12-15(21(25)29-2)14-7-3-5-9-17(14)30-19-11-20(23-13-22-19)31-18-10-6-4-8-16(18)24(26)27/h3-13H,1-2H3/b15-12+. The largest absolute Gasteiger partial charge is 0.503 e. The number of carbonyl (C=O) groups is 1. The number of nitrogens with zero attached hydrogens (tertiary/aromatic N) is 3. The van der Waals surface area contributed by atoms with Crippen LogP contribution in [0.5, 0.6) is 23.3 Å².